The number of aromatic carboxylic acids is 1. The Morgan fingerprint density at radius 3 is 2.29 bits per heavy atom. The van der Waals surface area contributed by atoms with Crippen molar-refractivity contribution < 1.29 is 22.7 Å². The number of nitrogens with one attached hydrogen (secondary N) is 1. The SMILES string of the molecule is O=C(O)c1ccc(S(=O)(=O)Nc2ccc(F)c(Br)c2)cc1. The molecule has 2 aromatic rings. The van der Waals surface area contributed by atoms with Crippen LogP contribution in [-0.2, 0) is 10.0 Å². The molecule has 0 heterocycles. The molecule has 0 aliphatic carbocycles. The van der Waals surface area contributed by atoms with Crippen molar-refractivity contribution >= 4 is 37.6 Å². The summed E-state index contributed by atoms with van der Waals surface area (Å²) in [5.41, 5.74) is 0.170. The van der Waals surface area contributed by atoms with Crippen molar-refractivity contribution in [3.8, 4) is 0 Å². The zero-order valence-electron chi connectivity index (χ0n) is 10.4. The second kappa shape index (κ2) is 5.82. The fraction of sp³-hybridized carbons (Fsp3) is 0. The lowest BCUT2D eigenvalue weighted by molar-refractivity contribution is 0.0696. The molecule has 110 valence electrons. The Labute approximate surface area is 128 Å². The van der Waals surface area contributed by atoms with Gasteiger partial charge in [-0.25, -0.2) is 17.6 Å². The summed E-state index contributed by atoms with van der Waals surface area (Å²) in [4.78, 5) is 10.6. The summed E-state index contributed by atoms with van der Waals surface area (Å²) < 4.78 is 39.7. The highest BCUT2D eigenvalue weighted by atomic mass is 79.9. The minimum Gasteiger partial charge on any atom is -0.478 e. The fourth-order valence-corrected chi connectivity index (χ4v) is 2.98. The summed E-state index contributed by atoms with van der Waals surface area (Å²) in [7, 11) is -3.87. The van der Waals surface area contributed by atoms with E-state index in [4.69, 9.17) is 5.11 Å². The van der Waals surface area contributed by atoms with Gasteiger partial charge in [0.25, 0.3) is 10.0 Å². The van der Waals surface area contributed by atoms with Gasteiger partial charge in [-0.3, -0.25) is 4.72 Å². The normalized spacial score (nSPS) is 11.1. The molecule has 21 heavy (non-hydrogen) atoms. The van der Waals surface area contributed by atoms with E-state index in [1.807, 2.05) is 0 Å². The van der Waals surface area contributed by atoms with E-state index >= 15 is 0 Å². The molecule has 0 bridgehead atoms. The lowest BCUT2D eigenvalue weighted by atomic mass is 10.2. The first-order valence-electron chi connectivity index (χ1n) is 5.61. The quantitative estimate of drug-likeness (QED) is 0.862. The molecule has 0 fully saturated rings. The van der Waals surface area contributed by atoms with Crippen LogP contribution in [0.4, 0.5) is 10.1 Å². The smallest absolute Gasteiger partial charge is 0.335 e. The van der Waals surface area contributed by atoms with E-state index in [0.29, 0.717) is 0 Å². The topological polar surface area (TPSA) is 83.5 Å². The van der Waals surface area contributed by atoms with Gasteiger partial charge in [-0.05, 0) is 58.4 Å². The molecular formula is C13H9BrFNO4S. The van der Waals surface area contributed by atoms with E-state index in [9.17, 15) is 17.6 Å². The van der Waals surface area contributed by atoms with Gasteiger partial charge in [0.2, 0.25) is 0 Å². The lowest BCUT2D eigenvalue weighted by Crippen LogP contribution is -2.13. The molecule has 0 spiro atoms. The van der Waals surface area contributed by atoms with Gasteiger partial charge in [-0.2, -0.15) is 0 Å². The predicted molar refractivity (Wildman–Crippen MR) is 78.3 cm³/mol. The Hall–Kier alpha value is -1.93. The number of carboxylic acid groups (broad SMARTS) is 1. The zero-order chi connectivity index (χ0) is 15.6. The number of sulfonamides is 1. The second-order valence-electron chi connectivity index (χ2n) is 4.06. The van der Waals surface area contributed by atoms with Crippen LogP contribution in [0.5, 0.6) is 0 Å². The van der Waals surface area contributed by atoms with Crippen LogP contribution in [0.15, 0.2) is 51.8 Å². The Balaban J connectivity index is 2.29. The highest BCUT2D eigenvalue weighted by Gasteiger charge is 2.15. The van der Waals surface area contributed by atoms with Crippen molar-refractivity contribution in [2.45, 2.75) is 4.90 Å². The van der Waals surface area contributed by atoms with Gasteiger partial charge in [0.05, 0.1) is 20.6 Å². The molecule has 0 unspecified atom stereocenters. The van der Waals surface area contributed by atoms with Crippen molar-refractivity contribution in [2.75, 3.05) is 4.72 Å². The number of hydrogen-bond donors (Lipinski definition) is 2. The molecule has 0 radical (unpaired) electrons. The Morgan fingerprint density at radius 2 is 1.76 bits per heavy atom. The highest BCUT2D eigenvalue weighted by Crippen LogP contribution is 2.22. The molecule has 0 atom stereocenters. The molecule has 0 amide bonds. The number of halogens is 2. The number of rotatable bonds is 4. The van der Waals surface area contributed by atoms with Gasteiger partial charge in [0.15, 0.2) is 0 Å². The minimum atomic E-state index is -3.87. The third-order valence-corrected chi connectivity index (χ3v) is 4.59. The maximum atomic E-state index is 13.1. The number of carbonyl (C=O) groups is 1. The van der Waals surface area contributed by atoms with E-state index in [2.05, 4.69) is 20.7 Å². The van der Waals surface area contributed by atoms with Crippen molar-refractivity contribution in [3.05, 3.63) is 58.3 Å². The number of hydrogen-bond acceptors (Lipinski definition) is 3. The van der Waals surface area contributed by atoms with Crippen LogP contribution in [0.3, 0.4) is 0 Å². The van der Waals surface area contributed by atoms with Crippen LogP contribution in [-0.4, -0.2) is 19.5 Å². The summed E-state index contributed by atoms with van der Waals surface area (Å²) in [5, 5.41) is 8.76. The summed E-state index contributed by atoms with van der Waals surface area (Å²) in [6, 6.07) is 8.45. The standard InChI is InChI=1S/C13H9BrFNO4S/c14-11-7-9(3-6-12(11)15)16-21(19,20)10-4-1-8(2-5-10)13(17)18/h1-7,16H,(H,17,18). The maximum Gasteiger partial charge on any atom is 0.335 e. The number of anilines is 1. The van der Waals surface area contributed by atoms with Gasteiger partial charge in [-0.15, -0.1) is 0 Å². The number of carboxylic acids is 1. The molecule has 0 aromatic heterocycles. The molecule has 0 aliphatic heterocycles. The molecule has 8 heteroatoms. The Morgan fingerprint density at radius 1 is 1.14 bits per heavy atom. The zero-order valence-corrected chi connectivity index (χ0v) is 12.8. The molecule has 2 rings (SSSR count). The highest BCUT2D eigenvalue weighted by molar-refractivity contribution is 9.10. The largest absolute Gasteiger partial charge is 0.478 e. The van der Waals surface area contributed by atoms with Crippen LogP contribution in [0.1, 0.15) is 10.4 Å². The average Bonchev–Trinajstić information content (AvgIpc) is 2.43. The first-order valence-corrected chi connectivity index (χ1v) is 7.88. The third-order valence-electron chi connectivity index (χ3n) is 2.58. The van der Waals surface area contributed by atoms with Crippen LogP contribution in [0.2, 0.25) is 0 Å². The monoisotopic (exact) mass is 373 g/mol. The van der Waals surface area contributed by atoms with Crippen LogP contribution in [0.25, 0.3) is 0 Å². The Kier molecular flexibility index (Phi) is 4.29. The van der Waals surface area contributed by atoms with Gasteiger partial charge in [-0.1, -0.05) is 0 Å². The second-order valence-corrected chi connectivity index (χ2v) is 6.60. The molecule has 0 aliphatic rings. The van der Waals surface area contributed by atoms with Crippen LogP contribution < -0.4 is 4.72 Å². The minimum absolute atomic E-state index is 0.0153. The van der Waals surface area contributed by atoms with Crippen molar-refractivity contribution in [3.63, 3.8) is 0 Å². The summed E-state index contributed by atoms with van der Waals surface area (Å²) >= 11 is 2.96. The summed E-state index contributed by atoms with van der Waals surface area (Å²) in [6.45, 7) is 0. The molecule has 0 saturated carbocycles. The van der Waals surface area contributed by atoms with Gasteiger partial charge < -0.3 is 5.11 Å². The van der Waals surface area contributed by atoms with Crippen molar-refractivity contribution in [1.29, 1.82) is 0 Å². The van der Waals surface area contributed by atoms with Crippen molar-refractivity contribution in [2.24, 2.45) is 0 Å². The predicted octanol–water partition coefficient (Wildman–Crippen LogP) is 3.09. The van der Waals surface area contributed by atoms with Crippen LogP contribution >= 0.6 is 15.9 Å². The van der Waals surface area contributed by atoms with Crippen molar-refractivity contribution in [1.82, 2.24) is 0 Å². The van der Waals surface area contributed by atoms with Gasteiger partial charge in [0.1, 0.15) is 5.82 Å². The third kappa shape index (κ3) is 3.59. The van der Waals surface area contributed by atoms with E-state index in [1.54, 1.807) is 0 Å². The van der Waals surface area contributed by atoms with E-state index in [-0.39, 0.29) is 20.6 Å². The first-order chi connectivity index (χ1) is 9.79. The number of benzene rings is 2. The van der Waals surface area contributed by atoms with E-state index in [1.165, 1.54) is 36.4 Å². The van der Waals surface area contributed by atoms with E-state index in [0.717, 1.165) is 6.07 Å². The molecular weight excluding hydrogens is 365 g/mol. The maximum absolute atomic E-state index is 13.1. The first kappa shape index (κ1) is 15.5. The molecule has 5 nitrogen and oxygen atoms in total. The fourth-order valence-electron chi connectivity index (χ4n) is 1.55. The van der Waals surface area contributed by atoms with Gasteiger partial charge >= 0.3 is 5.97 Å². The summed E-state index contributed by atoms with van der Waals surface area (Å²) in [5.74, 6) is -1.65. The molecule has 2 aromatic carbocycles. The average molecular weight is 374 g/mol. The van der Waals surface area contributed by atoms with E-state index < -0.39 is 21.8 Å². The summed E-state index contributed by atoms with van der Waals surface area (Å²) in [6.07, 6.45) is 0. The van der Waals surface area contributed by atoms with Gasteiger partial charge in [0, 0.05) is 0 Å². The lowest BCUT2D eigenvalue weighted by Gasteiger charge is -2.09. The molecule has 0 saturated heterocycles. The molecule has 2 N–H and O–H groups in total. The van der Waals surface area contributed by atoms with Crippen LogP contribution in [0, 0.1) is 5.82 Å². The Bertz CT molecular complexity index is 790.